The summed E-state index contributed by atoms with van der Waals surface area (Å²) in [5.41, 5.74) is 4.07. The number of hydrogen-bond donors (Lipinski definition) is 1. The van der Waals surface area contributed by atoms with Crippen molar-refractivity contribution in [2.45, 2.75) is 64.0 Å². The Hall–Kier alpha value is -4.05. The predicted molar refractivity (Wildman–Crippen MR) is 147 cm³/mol. The average Bonchev–Trinajstić information content (AvgIpc) is 3.81. The highest BCUT2D eigenvalue weighted by Crippen LogP contribution is 2.53. The molecule has 0 bridgehead atoms. The number of imidazole rings is 1. The van der Waals surface area contributed by atoms with E-state index in [1.807, 2.05) is 4.68 Å². The Bertz CT molecular complexity index is 1890. The number of nitrogens with zero attached hydrogens (tertiary/aromatic N) is 6. The molecule has 3 aromatic heterocycles. The number of aromatic nitrogens is 6. The van der Waals surface area contributed by atoms with Gasteiger partial charge in [0.25, 0.3) is 0 Å². The van der Waals surface area contributed by atoms with Gasteiger partial charge in [-0.25, -0.2) is 18.3 Å². The average molecular weight is 542 g/mol. The molecule has 0 saturated heterocycles. The minimum Gasteiger partial charge on any atom is -0.309 e. The van der Waals surface area contributed by atoms with Gasteiger partial charge in [0.05, 0.1) is 34.8 Å². The summed E-state index contributed by atoms with van der Waals surface area (Å²) in [6.07, 6.45) is 9.12. The first-order valence-electron chi connectivity index (χ1n) is 13.9. The molecule has 1 spiro atoms. The van der Waals surface area contributed by atoms with Crippen LogP contribution in [0.15, 0.2) is 47.7 Å². The second-order valence-electron chi connectivity index (χ2n) is 11.8. The molecule has 0 amide bonds. The highest BCUT2D eigenvalue weighted by atomic mass is 19.1. The van der Waals surface area contributed by atoms with Gasteiger partial charge in [-0.05, 0) is 75.8 Å². The van der Waals surface area contributed by atoms with Crippen LogP contribution in [0.5, 0.6) is 0 Å². The lowest BCUT2D eigenvalue weighted by Crippen LogP contribution is -2.36. The molecule has 2 fully saturated rings. The summed E-state index contributed by atoms with van der Waals surface area (Å²) >= 11 is 0. The van der Waals surface area contributed by atoms with Crippen LogP contribution < -0.4 is 11.0 Å². The molecule has 8 nitrogen and oxygen atoms in total. The smallest absolute Gasteiger partial charge is 0.309 e. The molecule has 1 aliphatic heterocycles. The third-order valence-corrected chi connectivity index (χ3v) is 8.92. The van der Waals surface area contributed by atoms with Crippen molar-refractivity contribution in [3.8, 4) is 17.2 Å². The van der Waals surface area contributed by atoms with Crippen molar-refractivity contribution in [2.75, 3.05) is 6.54 Å². The van der Waals surface area contributed by atoms with E-state index in [4.69, 9.17) is 5.10 Å². The maximum absolute atomic E-state index is 15.5. The van der Waals surface area contributed by atoms with Crippen LogP contribution in [0.25, 0.3) is 28.1 Å². The lowest BCUT2D eigenvalue weighted by atomic mass is 9.90. The fourth-order valence-corrected chi connectivity index (χ4v) is 6.34. The van der Waals surface area contributed by atoms with Crippen LogP contribution in [0, 0.1) is 25.5 Å². The van der Waals surface area contributed by atoms with Gasteiger partial charge in [-0.3, -0.25) is 13.8 Å². The van der Waals surface area contributed by atoms with Crippen molar-refractivity contribution in [3.63, 3.8) is 0 Å². The second-order valence-corrected chi connectivity index (χ2v) is 11.8. The molecule has 0 radical (unpaired) electrons. The summed E-state index contributed by atoms with van der Waals surface area (Å²) in [5.74, 6) is -0.143. The molecular weight excluding hydrogens is 512 g/mol. The van der Waals surface area contributed by atoms with Crippen molar-refractivity contribution >= 4 is 10.9 Å². The van der Waals surface area contributed by atoms with Gasteiger partial charge in [0.15, 0.2) is 0 Å². The molecule has 2 aromatic carbocycles. The summed E-state index contributed by atoms with van der Waals surface area (Å²) in [4.78, 5) is 14.0. The Morgan fingerprint density at radius 3 is 2.45 bits per heavy atom. The first-order chi connectivity index (χ1) is 19.3. The van der Waals surface area contributed by atoms with Gasteiger partial charge in [0.2, 0.25) is 0 Å². The molecule has 1 N–H and O–H groups in total. The summed E-state index contributed by atoms with van der Waals surface area (Å²) < 4.78 is 36.6. The van der Waals surface area contributed by atoms with Gasteiger partial charge in [-0.1, -0.05) is 0 Å². The van der Waals surface area contributed by atoms with E-state index in [0.29, 0.717) is 28.7 Å². The Labute approximate surface area is 228 Å². The van der Waals surface area contributed by atoms with E-state index < -0.39 is 11.5 Å². The first kappa shape index (κ1) is 23.8. The Kier molecular flexibility index (Phi) is 4.76. The monoisotopic (exact) mass is 541 g/mol. The van der Waals surface area contributed by atoms with Gasteiger partial charge in [-0.15, -0.1) is 0 Å². The first-order valence-corrected chi connectivity index (χ1v) is 13.9. The van der Waals surface area contributed by atoms with E-state index in [-0.39, 0.29) is 23.0 Å². The fraction of sp³-hybridized carbons (Fsp3) is 0.367. The zero-order chi connectivity index (χ0) is 27.5. The Balaban J connectivity index is 1.34. The molecule has 8 rings (SSSR count). The Morgan fingerprint density at radius 1 is 1.02 bits per heavy atom. The highest BCUT2D eigenvalue weighted by molar-refractivity contribution is 5.81. The molecule has 204 valence electrons. The molecule has 3 aliphatic rings. The number of halogens is 2. The Morgan fingerprint density at radius 2 is 1.75 bits per heavy atom. The second kappa shape index (κ2) is 8.00. The van der Waals surface area contributed by atoms with E-state index in [0.717, 1.165) is 54.4 Å². The third kappa shape index (κ3) is 3.28. The predicted octanol–water partition coefficient (Wildman–Crippen LogP) is 5.09. The number of rotatable bonds is 4. The number of hydrogen-bond acceptors (Lipinski definition) is 4. The number of nitrogens with one attached hydrogen (secondary N) is 1. The van der Waals surface area contributed by atoms with Crippen LogP contribution in [-0.4, -0.2) is 35.2 Å². The summed E-state index contributed by atoms with van der Waals surface area (Å²) in [6.45, 7) is 6.36. The number of fused-ring (bicyclic) bond motifs is 3. The fourth-order valence-electron chi connectivity index (χ4n) is 6.34. The van der Waals surface area contributed by atoms with Crippen molar-refractivity contribution < 1.29 is 8.78 Å². The zero-order valence-electron chi connectivity index (χ0n) is 22.6. The molecule has 1 atom stereocenters. The van der Waals surface area contributed by atoms with Crippen molar-refractivity contribution in [1.82, 2.24) is 34.0 Å². The largest absolute Gasteiger partial charge is 0.338 e. The van der Waals surface area contributed by atoms with E-state index in [2.05, 4.69) is 17.3 Å². The van der Waals surface area contributed by atoms with E-state index in [1.165, 1.54) is 15.2 Å². The zero-order valence-corrected chi connectivity index (χ0v) is 22.6. The van der Waals surface area contributed by atoms with Gasteiger partial charge in [-0.2, -0.15) is 10.2 Å². The summed E-state index contributed by atoms with van der Waals surface area (Å²) in [5, 5.41) is 13.9. The van der Waals surface area contributed by atoms with Crippen LogP contribution >= 0.6 is 0 Å². The number of benzene rings is 2. The highest BCUT2D eigenvalue weighted by Gasteiger charge is 2.52. The summed E-state index contributed by atoms with van der Waals surface area (Å²) in [6, 6.07) is 6.94. The lowest BCUT2D eigenvalue weighted by molar-refractivity contribution is 0.459. The maximum Gasteiger partial charge on any atom is 0.338 e. The third-order valence-electron chi connectivity index (χ3n) is 8.92. The molecule has 4 heterocycles. The minimum atomic E-state index is -0.484. The van der Waals surface area contributed by atoms with E-state index in [1.54, 1.807) is 55.3 Å². The quantitative estimate of drug-likeness (QED) is 0.344. The topological polar surface area (TPSA) is 74.6 Å². The molecule has 5 aromatic rings. The van der Waals surface area contributed by atoms with Gasteiger partial charge in [0.1, 0.15) is 17.5 Å². The standard InChI is InChI=1S/C30H29F2N7O/c1-16-10-21(11-17(2)26(16)32)39-28(25-18(3)33-15-30(6-7-30)27(25)35-39)37-9-8-36(29(37)40)24-12-19-14-34-38(20-4-5-20)23(19)13-22(24)31/h8-14,18,20,33H,4-7,15H2,1-3H3/t18-/m0/s1. The van der Waals surface area contributed by atoms with Crippen LogP contribution in [0.1, 0.15) is 67.1 Å². The maximum atomic E-state index is 15.5. The van der Waals surface area contributed by atoms with Crippen LogP contribution in [-0.2, 0) is 5.41 Å². The van der Waals surface area contributed by atoms with Crippen LogP contribution in [0.3, 0.4) is 0 Å². The van der Waals surface area contributed by atoms with Crippen LogP contribution in [0.4, 0.5) is 8.78 Å². The van der Waals surface area contributed by atoms with E-state index >= 15 is 4.39 Å². The van der Waals surface area contributed by atoms with Gasteiger partial charge in [0, 0.05) is 47.4 Å². The molecule has 0 unspecified atom stereocenters. The number of aryl methyl sites for hydroxylation is 2. The molecule has 10 heteroatoms. The molecule has 2 saturated carbocycles. The van der Waals surface area contributed by atoms with Gasteiger partial charge >= 0.3 is 5.69 Å². The van der Waals surface area contributed by atoms with Crippen molar-refractivity contribution in [2.24, 2.45) is 0 Å². The van der Waals surface area contributed by atoms with E-state index in [9.17, 15) is 9.18 Å². The van der Waals surface area contributed by atoms with Crippen molar-refractivity contribution in [1.29, 1.82) is 0 Å². The normalized spacial score (nSPS) is 19.5. The van der Waals surface area contributed by atoms with Crippen LogP contribution in [0.2, 0.25) is 0 Å². The molecule has 40 heavy (non-hydrogen) atoms. The molecular formula is C30H29F2N7O. The summed E-state index contributed by atoms with van der Waals surface area (Å²) in [7, 11) is 0. The molecule has 2 aliphatic carbocycles. The lowest BCUT2D eigenvalue weighted by Gasteiger charge is -2.27. The minimum absolute atomic E-state index is 0.0517. The van der Waals surface area contributed by atoms with Gasteiger partial charge < -0.3 is 5.32 Å². The SMILES string of the molecule is Cc1cc(-n2nc3c(c2-n2ccn(-c4cc5cnn(C6CC6)c5cc4F)c2=O)[C@H](C)NCC32CC2)cc(C)c1F. The van der Waals surface area contributed by atoms with Crippen molar-refractivity contribution in [3.05, 3.63) is 87.4 Å².